The third-order valence-electron chi connectivity index (χ3n) is 3.64. The maximum atomic E-state index is 12.5. The summed E-state index contributed by atoms with van der Waals surface area (Å²) < 4.78 is 26.6. The van der Waals surface area contributed by atoms with Crippen molar-refractivity contribution in [3.05, 3.63) is 23.5 Å². The summed E-state index contributed by atoms with van der Waals surface area (Å²) in [6.07, 6.45) is 4.16. The molecule has 0 N–H and O–H groups in total. The fraction of sp³-hybridized carbons (Fsp3) is 0.615. The summed E-state index contributed by atoms with van der Waals surface area (Å²) in [5, 5.41) is 0.302. The van der Waals surface area contributed by atoms with E-state index in [0.717, 1.165) is 19.3 Å². The standard InChI is InChI=1S/C13H19ClN2O2S/c1-13(2)6-3-8-16(9-7-13)19(17,18)11-4-5-12(14)15-10-11/h4-5,10H,3,6-9H2,1-2H3. The first-order valence-corrected chi connectivity index (χ1v) is 8.25. The lowest BCUT2D eigenvalue weighted by Crippen LogP contribution is -2.32. The molecule has 1 aliphatic heterocycles. The van der Waals surface area contributed by atoms with Gasteiger partial charge < -0.3 is 0 Å². The van der Waals surface area contributed by atoms with Gasteiger partial charge in [0.15, 0.2) is 0 Å². The van der Waals surface area contributed by atoms with E-state index in [9.17, 15) is 8.42 Å². The second-order valence-electron chi connectivity index (χ2n) is 5.74. The van der Waals surface area contributed by atoms with Crippen molar-refractivity contribution in [1.29, 1.82) is 0 Å². The van der Waals surface area contributed by atoms with Gasteiger partial charge in [-0.1, -0.05) is 25.4 Å². The first-order valence-electron chi connectivity index (χ1n) is 6.43. The van der Waals surface area contributed by atoms with Gasteiger partial charge in [-0.15, -0.1) is 0 Å². The lowest BCUT2D eigenvalue weighted by atomic mass is 9.85. The molecule has 0 amide bonds. The summed E-state index contributed by atoms with van der Waals surface area (Å²) in [5.41, 5.74) is 0.211. The van der Waals surface area contributed by atoms with E-state index in [1.165, 1.54) is 18.3 Å². The molecule has 1 aromatic heterocycles. The Hall–Kier alpha value is -0.650. The molecule has 4 nitrogen and oxygen atoms in total. The number of hydrogen-bond acceptors (Lipinski definition) is 3. The average Bonchev–Trinajstić information content (AvgIpc) is 2.51. The molecule has 0 aliphatic carbocycles. The second-order valence-corrected chi connectivity index (χ2v) is 8.06. The van der Waals surface area contributed by atoms with Gasteiger partial charge in [-0.2, -0.15) is 4.31 Å². The van der Waals surface area contributed by atoms with Gasteiger partial charge in [0, 0.05) is 19.3 Å². The highest BCUT2D eigenvalue weighted by Crippen LogP contribution is 2.31. The number of pyridine rings is 1. The highest BCUT2D eigenvalue weighted by molar-refractivity contribution is 7.89. The highest BCUT2D eigenvalue weighted by atomic mass is 35.5. The number of rotatable bonds is 2. The quantitative estimate of drug-likeness (QED) is 0.789. The molecule has 2 heterocycles. The Balaban J connectivity index is 2.22. The van der Waals surface area contributed by atoms with E-state index in [1.54, 1.807) is 4.31 Å². The Bertz CT molecular complexity index is 540. The van der Waals surface area contributed by atoms with Crippen molar-refractivity contribution in [3.8, 4) is 0 Å². The zero-order valence-corrected chi connectivity index (χ0v) is 12.8. The molecule has 6 heteroatoms. The molecule has 0 saturated carbocycles. The Labute approximate surface area is 119 Å². The van der Waals surface area contributed by atoms with Crippen LogP contribution in [-0.4, -0.2) is 30.8 Å². The van der Waals surface area contributed by atoms with Crippen LogP contribution in [0, 0.1) is 5.41 Å². The zero-order valence-electron chi connectivity index (χ0n) is 11.3. The number of halogens is 1. The van der Waals surface area contributed by atoms with Crippen molar-refractivity contribution in [2.45, 2.75) is 38.0 Å². The summed E-state index contributed by atoms with van der Waals surface area (Å²) in [6.45, 7) is 5.52. The van der Waals surface area contributed by atoms with Crippen LogP contribution in [0.3, 0.4) is 0 Å². The van der Waals surface area contributed by atoms with E-state index < -0.39 is 10.0 Å². The minimum absolute atomic E-state index is 0.211. The molecular weight excluding hydrogens is 284 g/mol. The molecule has 1 aromatic rings. The van der Waals surface area contributed by atoms with Gasteiger partial charge in [0.1, 0.15) is 10.0 Å². The Kier molecular flexibility index (Phi) is 4.18. The fourth-order valence-corrected chi connectivity index (χ4v) is 3.84. The van der Waals surface area contributed by atoms with Crippen molar-refractivity contribution >= 4 is 21.6 Å². The molecule has 0 radical (unpaired) electrons. The Morgan fingerprint density at radius 3 is 2.63 bits per heavy atom. The van der Waals surface area contributed by atoms with Crippen LogP contribution in [0.5, 0.6) is 0 Å². The minimum atomic E-state index is -3.44. The number of hydrogen-bond donors (Lipinski definition) is 0. The maximum Gasteiger partial charge on any atom is 0.244 e. The SMILES string of the molecule is CC1(C)CCCN(S(=O)(=O)c2ccc(Cl)nc2)CC1. The minimum Gasteiger partial charge on any atom is -0.243 e. The maximum absolute atomic E-state index is 12.5. The van der Waals surface area contributed by atoms with Crippen molar-refractivity contribution in [2.24, 2.45) is 5.41 Å². The van der Waals surface area contributed by atoms with E-state index >= 15 is 0 Å². The fourth-order valence-electron chi connectivity index (χ4n) is 2.30. The smallest absolute Gasteiger partial charge is 0.243 e. The average molecular weight is 303 g/mol. The molecule has 106 valence electrons. The molecular formula is C13H19ClN2O2S. The van der Waals surface area contributed by atoms with Crippen LogP contribution in [-0.2, 0) is 10.0 Å². The summed E-state index contributed by atoms with van der Waals surface area (Å²) in [6, 6.07) is 3.02. The van der Waals surface area contributed by atoms with E-state index in [4.69, 9.17) is 11.6 Å². The molecule has 0 aromatic carbocycles. The molecule has 1 fully saturated rings. The summed E-state index contributed by atoms with van der Waals surface area (Å²) in [7, 11) is -3.44. The van der Waals surface area contributed by atoms with Crippen LogP contribution in [0.25, 0.3) is 0 Å². The van der Waals surface area contributed by atoms with Crippen molar-refractivity contribution in [1.82, 2.24) is 9.29 Å². The normalized spacial score (nSPS) is 21.0. The molecule has 0 spiro atoms. The van der Waals surface area contributed by atoms with Gasteiger partial charge in [0.2, 0.25) is 10.0 Å². The second kappa shape index (κ2) is 5.38. The number of nitrogens with zero attached hydrogens (tertiary/aromatic N) is 2. The topological polar surface area (TPSA) is 50.3 Å². The van der Waals surface area contributed by atoms with Gasteiger partial charge >= 0.3 is 0 Å². The van der Waals surface area contributed by atoms with E-state index in [2.05, 4.69) is 18.8 Å². The molecule has 0 atom stereocenters. The molecule has 19 heavy (non-hydrogen) atoms. The van der Waals surface area contributed by atoms with E-state index in [-0.39, 0.29) is 10.3 Å². The van der Waals surface area contributed by atoms with Gasteiger partial charge in [-0.05, 0) is 36.8 Å². The first-order chi connectivity index (χ1) is 8.81. The van der Waals surface area contributed by atoms with Crippen LogP contribution in [0.2, 0.25) is 5.15 Å². The summed E-state index contributed by atoms with van der Waals surface area (Å²) in [4.78, 5) is 4.07. The molecule has 0 unspecified atom stereocenters. The van der Waals surface area contributed by atoms with Crippen LogP contribution >= 0.6 is 11.6 Å². The molecule has 0 bridgehead atoms. The van der Waals surface area contributed by atoms with Crippen LogP contribution in [0.4, 0.5) is 0 Å². The zero-order chi connectivity index (χ0) is 14.1. The Morgan fingerprint density at radius 2 is 2.00 bits per heavy atom. The summed E-state index contributed by atoms with van der Waals surface area (Å²) in [5.74, 6) is 0. The number of sulfonamides is 1. The molecule has 2 rings (SSSR count). The van der Waals surface area contributed by atoms with Gasteiger partial charge in [0.25, 0.3) is 0 Å². The predicted molar refractivity (Wildman–Crippen MR) is 75.6 cm³/mol. The predicted octanol–water partition coefficient (Wildman–Crippen LogP) is 2.94. The third-order valence-corrected chi connectivity index (χ3v) is 5.74. The molecule has 1 aliphatic rings. The van der Waals surface area contributed by atoms with Gasteiger partial charge in [-0.3, -0.25) is 0 Å². The van der Waals surface area contributed by atoms with Crippen molar-refractivity contribution in [2.75, 3.05) is 13.1 Å². The monoisotopic (exact) mass is 302 g/mol. The first kappa shape index (κ1) is 14.8. The van der Waals surface area contributed by atoms with Crippen LogP contribution in [0.15, 0.2) is 23.2 Å². The summed E-state index contributed by atoms with van der Waals surface area (Å²) >= 11 is 5.69. The van der Waals surface area contributed by atoms with Gasteiger partial charge in [-0.25, -0.2) is 13.4 Å². The lowest BCUT2D eigenvalue weighted by Gasteiger charge is -2.23. The van der Waals surface area contributed by atoms with Crippen LogP contribution < -0.4 is 0 Å². The number of aromatic nitrogens is 1. The van der Waals surface area contributed by atoms with Crippen molar-refractivity contribution < 1.29 is 8.42 Å². The van der Waals surface area contributed by atoms with Crippen LogP contribution in [0.1, 0.15) is 33.1 Å². The van der Waals surface area contributed by atoms with Crippen molar-refractivity contribution in [3.63, 3.8) is 0 Å². The Morgan fingerprint density at radius 1 is 1.26 bits per heavy atom. The lowest BCUT2D eigenvalue weighted by molar-refractivity contribution is 0.315. The molecule has 1 saturated heterocycles. The third kappa shape index (κ3) is 3.46. The largest absolute Gasteiger partial charge is 0.244 e. The van der Waals surface area contributed by atoms with E-state index in [0.29, 0.717) is 18.2 Å². The van der Waals surface area contributed by atoms with E-state index in [1.807, 2.05) is 0 Å². The highest BCUT2D eigenvalue weighted by Gasteiger charge is 2.30. The van der Waals surface area contributed by atoms with Gasteiger partial charge in [0.05, 0.1) is 0 Å².